The summed E-state index contributed by atoms with van der Waals surface area (Å²) in [5.74, 6) is 1.22. The van der Waals surface area contributed by atoms with Crippen molar-refractivity contribution in [2.45, 2.75) is 62.7 Å². The van der Waals surface area contributed by atoms with Gasteiger partial charge in [0.15, 0.2) is 15.7 Å². The summed E-state index contributed by atoms with van der Waals surface area (Å²) in [6, 6.07) is 18.5. The summed E-state index contributed by atoms with van der Waals surface area (Å²) in [6.07, 6.45) is 8.26. The van der Waals surface area contributed by atoms with Gasteiger partial charge in [0.2, 0.25) is 0 Å². The van der Waals surface area contributed by atoms with Gasteiger partial charge in [-0.2, -0.15) is 0 Å². The lowest BCUT2D eigenvalue weighted by Gasteiger charge is -2.33. The summed E-state index contributed by atoms with van der Waals surface area (Å²) in [5, 5.41) is 3.27. The highest BCUT2D eigenvalue weighted by Gasteiger charge is 2.25. The van der Waals surface area contributed by atoms with Gasteiger partial charge in [-0.05, 0) is 73.8 Å². The second kappa shape index (κ2) is 14.1. The topological polar surface area (TPSA) is 96.4 Å². The van der Waals surface area contributed by atoms with Gasteiger partial charge in [-0.1, -0.05) is 54.9 Å². The predicted octanol–water partition coefficient (Wildman–Crippen LogP) is 6.93. The van der Waals surface area contributed by atoms with Gasteiger partial charge >= 0.3 is 0 Å². The third-order valence-electron chi connectivity index (χ3n) is 7.81. The molecule has 9 heteroatoms. The summed E-state index contributed by atoms with van der Waals surface area (Å²) in [6.45, 7) is 3.52. The zero-order valence-electron chi connectivity index (χ0n) is 23.7. The second-order valence-corrected chi connectivity index (χ2v) is 13.3. The van der Waals surface area contributed by atoms with Crippen LogP contribution in [0.2, 0.25) is 5.02 Å². The van der Waals surface area contributed by atoms with E-state index in [1.807, 2.05) is 11.0 Å². The van der Waals surface area contributed by atoms with Crippen molar-refractivity contribution in [3.63, 3.8) is 0 Å². The Labute approximate surface area is 248 Å². The number of amides is 1. The van der Waals surface area contributed by atoms with Crippen molar-refractivity contribution in [3.8, 4) is 0 Å². The number of carbonyl (C=O) groups excluding carboxylic acids is 2. The molecule has 2 aromatic carbocycles. The second-order valence-electron chi connectivity index (χ2n) is 10.9. The van der Waals surface area contributed by atoms with Gasteiger partial charge in [0, 0.05) is 49.0 Å². The molecule has 41 heavy (non-hydrogen) atoms. The summed E-state index contributed by atoms with van der Waals surface area (Å²) in [5.41, 5.74) is 2.03. The zero-order chi connectivity index (χ0) is 29.4. The number of Topliss-reactive ketones (excluding diaryl/α,β-unsaturated/α-hetero) is 1. The van der Waals surface area contributed by atoms with Crippen LogP contribution in [0.1, 0.15) is 73.7 Å². The maximum atomic E-state index is 13.0. The normalized spacial score (nSPS) is 15.0. The number of rotatable bonds is 12. The van der Waals surface area contributed by atoms with Crippen molar-refractivity contribution < 1.29 is 18.0 Å². The average molecular weight is 596 g/mol. The molecule has 1 fully saturated rings. The number of anilines is 2. The average Bonchev–Trinajstić information content (AvgIpc) is 2.96. The van der Waals surface area contributed by atoms with Crippen LogP contribution in [-0.2, 0) is 14.6 Å². The van der Waals surface area contributed by atoms with E-state index in [4.69, 9.17) is 11.6 Å². The molecule has 3 aromatic rings. The monoisotopic (exact) mass is 595 g/mol. The largest absolute Gasteiger partial charge is 0.355 e. The minimum atomic E-state index is -3.52. The Morgan fingerprint density at radius 1 is 1.07 bits per heavy atom. The maximum Gasteiger partial charge on any atom is 0.255 e. The highest BCUT2D eigenvalue weighted by atomic mass is 35.5. The predicted molar refractivity (Wildman–Crippen MR) is 165 cm³/mol. The van der Waals surface area contributed by atoms with Gasteiger partial charge in [-0.25, -0.2) is 13.4 Å². The molecule has 1 aliphatic heterocycles. The van der Waals surface area contributed by atoms with Crippen LogP contribution in [-0.4, -0.2) is 44.4 Å². The zero-order valence-corrected chi connectivity index (χ0v) is 25.3. The number of nitrogens with one attached hydrogen (secondary N) is 1. The Kier molecular flexibility index (Phi) is 10.6. The third-order valence-corrected chi connectivity index (χ3v) is 9.12. The van der Waals surface area contributed by atoms with Crippen LogP contribution in [0.15, 0.2) is 71.8 Å². The van der Waals surface area contributed by atoms with E-state index >= 15 is 0 Å². The number of benzene rings is 2. The van der Waals surface area contributed by atoms with Crippen molar-refractivity contribution in [1.29, 1.82) is 0 Å². The van der Waals surface area contributed by atoms with Gasteiger partial charge in [-0.15, -0.1) is 0 Å². The lowest BCUT2D eigenvalue weighted by molar-refractivity contribution is -0.120. The van der Waals surface area contributed by atoms with Crippen molar-refractivity contribution in [3.05, 3.63) is 83.0 Å². The number of piperidine rings is 1. The molecule has 1 N–H and O–H groups in total. The van der Waals surface area contributed by atoms with Crippen LogP contribution in [0.25, 0.3) is 0 Å². The first-order chi connectivity index (χ1) is 19.6. The van der Waals surface area contributed by atoms with Gasteiger partial charge in [0.05, 0.1) is 10.6 Å². The first kappa shape index (κ1) is 30.7. The highest BCUT2D eigenvalue weighted by Crippen LogP contribution is 2.32. The first-order valence-electron chi connectivity index (χ1n) is 14.2. The summed E-state index contributed by atoms with van der Waals surface area (Å²) >= 11 is 6.05. The van der Waals surface area contributed by atoms with Crippen LogP contribution in [0.3, 0.4) is 0 Å². The number of carbonyl (C=O) groups is 2. The molecule has 1 aliphatic rings. The number of sulfone groups is 1. The number of ketones is 1. The molecule has 1 amide bonds. The van der Waals surface area contributed by atoms with Gasteiger partial charge in [0.25, 0.3) is 5.91 Å². The number of hydrogen-bond donors (Lipinski definition) is 1. The third kappa shape index (κ3) is 8.63. The van der Waals surface area contributed by atoms with E-state index in [-0.39, 0.29) is 4.90 Å². The van der Waals surface area contributed by atoms with Crippen LogP contribution < -0.4 is 10.2 Å². The number of aromatic nitrogens is 1. The molecule has 4 rings (SSSR count). The van der Waals surface area contributed by atoms with E-state index in [1.54, 1.807) is 24.3 Å². The Morgan fingerprint density at radius 2 is 1.80 bits per heavy atom. The molecule has 0 radical (unpaired) electrons. The highest BCUT2D eigenvalue weighted by molar-refractivity contribution is 7.90. The fourth-order valence-electron chi connectivity index (χ4n) is 5.46. The summed E-state index contributed by atoms with van der Waals surface area (Å²) in [4.78, 5) is 32.3. The van der Waals surface area contributed by atoms with E-state index in [0.29, 0.717) is 65.6 Å². The molecule has 1 saturated heterocycles. The van der Waals surface area contributed by atoms with Crippen LogP contribution in [0.5, 0.6) is 0 Å². The molecular formula is C32H38ClN3O4S. The molecule has 7 nitrogen and oxygen atoms in total. The Hall–Kier alpha value is -3.23. The van der Waals surface area contributed by atoms with Gasteiger partial charge in [0.1, 0.15) is 5.78 Å². The molecular weight excluding hydrogens is 558 g/mol. The summed E-state index contributed by atoms with van der Waals surface area (Å²) in [7, 11) is -3.52. The molecule has 0 saturated carbocycles. The smallest absolute Gasteiger partial charge is 0.255 e. The van der Waals surface area contributed by atoms with E-state index in [1.165, 1.54) is 17.8 Å². The fourth-order valence-corrected chi connectivity index (χ4v) is 6.23. The molecule has 1 aromatic heterocycles. The van der Waals surface area contributed by atoms with Crippen LogP contribution in [0, 0.1) is 5.92 Å². The Morgan fingerprint density at radius 3 is 2.46 bits per heavy atom. The molecule has 1 unspecified atom stereocenters. The van der Waals surface area contributed by atoms with E-state index in [2.05, 4.69) is 41.5 Å². The number of hydrogen-bond acceptors (Lipinski definition) is 6. The van der Waals surface area contributed by atoms with E-state index in [0.717, 1.165) is 38.4 Å². The van der Waals surface area contributed by atoms with Gasteiger partial charge < -0.3 is 10.2 Å². The summed E-state index contributed by atoms with van der Waals surface area (Å²) < 4.78 is 24.4. The minimum Gasteiger partial charge on any atom is -0.355 e. The molecule has 0 spiro atoms. The molecule has 0 aliphatic carbocycles. The number of nitrogens with zero attached hydrogens (tertiary/aromatic N) is 2. The number of pyridine rings is 1. The van der Waals surface area contributed by atoms with Crippen molar-refractivity contribution in [1.82, 2.24) is 4.98 Å². The first-order valence-corrected chi connectivity index (χ1v) is 16.5. The molecule has 218 valence electrons. The van der Waals surface area contributed by atoms with Crippen LogP contribution in [0.4, 0.5) is 11.5 Å². The quantitative estimate of drug-likeness (QED) is 0.244. The van der Waals surface area contributed by atoms with Crippen LogP contribution >= 0.6 is 11.6 Å². The standard InChI is InChI=1S/C32H38ClN3O4S/c1-3-24(25-9-5-4-6-10-25)11-8-14-28(37)19-23-15-17-36(18-16-23)31-30(21-29(22-34-31)41(2,39)40)35-32(38)26-12-7-13-27(33)20-26/h4-7,9-10,12-13,20-24H,3,8,11,14-19H2,1-2H3,(H,35,38). The Bertz CT molecular complexity index is 1450. The van der Waals surface area contributed by atoms with Gasteiger partial charge in [-0.3, -0.25) is 9.59 Å². The minimum absolute atomic E-state index is 0.0284. The SMILES string of the molecule is CCC(CCCC(=O)CC1CCN(c2ncc(S(C)(=O)=O)cc2NC(=O)c2cccc(Cl)c2)CC1)c1ccccc1. The lowest BCUT2D eigenvalue weighted by Crippen LogP contribution is -2.35. The maximum absolute atomic E-state index is 13.0. The van der Waals surface area contributed by atoms with Crippen molar-refractivity contribution >= 4 is 44.6 Å². The van der Waals surface area contributed by atoms with Crippen molar-refractivity contribution in [2.24, 2.45) is 5.92 Å². The van der Waals surface area contributed by atoms with E-state index in [9.17, 15) is 18.0 Å². The number of halogens is 1. The fraction of sp³-hybridized carbons (Fsp3) is 0.406. The van der Waals surface area contributed by atoms with Crippen molar-refractivity contribution in [2.75, 3.05) is 29.6 Å². The molecule has 1 atom stereocenters. The van der Waals surface area contributed by atoms with E-state index < -0.39 is 15.7 Å². The Balaban J connectivity index is 1.35. The molecule has 2 heterocycles. The molecule has 0 bridgehead atoms. The lowest BCUT2D eigenvalue weighted by atomic mass is 9.88.